The van der Waals surface area contributed by atoms with Gasteiger partial charge in [-0.15, -0.1) is 0 Å². The van der Waals surface area contributed by atoms with Gasteiger partial charge in [-0.25, -0.2) is 4.79 Å². The van der Waals surface area contributed by atoms with Crippen LogP contribution in [0, 0.1) is 11.3 Å². The second-order valence-electron chi connectivity index (χ2n) is 7.21. The van der Waals surface area contributed by atoms with Crippen molar-refractivity contribution < 1.29 is 23.9 Å². The van der Waals surface area contributed by atoms with E-state index < -0.39 is 29.9 Å². The van der Waals surface area contributed by atoms with Crippen molar-refractivity contribution in [1.82, 2.24) is 10.2 Å². The molecule has 1 aliphatic rings. The molecule has 0 spiro atoms. The first-order chi connectivity index (χ1) is 15.3. The van der Waals surface area contributed by atoms with Gasteiger partial charge >= 0.3 is 6.03 Å². The lowest BCUT2D eigenvalue weighted by Gasteiger charge is -2.22. The molecule has 3 rings (SSSR count). The number of amides is 4. The first kappa shape index (κ1) is 22.6. The summed E-state index contributed by atoms with van der Waals surface area (Å²) in [5.74, 6) is -0.124. The number of urea groups is 1. The van der Waals surface area contributed by atoms with Crippen LogP contribution in [0.15, 0.2) is 42.5 Å². The first-order valence-corrected chi connectivity index (χ1v) is 10.2. The van der Waals surface area contributed by atoms with Crippen molar-refractivity contribution in [1.29, 1.82) is 5.26 Å². The summed E-state index contributed by atoms with van der Waals surface area (Å²) in [6.45, 7) is 5.60. The fourth-order valence-electron chi connectivity index (χ4n) is 3.39. The van der Waals surface area contributed by atoms with Crippen molar-refractivity contribution in [3.63, 3.8) is 0 Å². The van der Waals surface area contributed by atoms with E-state index in [4.69, 9.17) is 14.7 Å². The zero-order valence-electron chi connectivity index (χ0n) is 18.1. The number of nitrogens with one attached hydrogen (secondary N) is 2. The summed E-state index contributed by atoms with van der Waals surface area (Å²) < 4.78 is 11.0. The van der Waals surface area contributed by atoms with Crippen LogP contribution in [0.4, 0.5) is 10.5 Å². The molecule has 1 aliphatic heterocycles. The molecule has 1 heterocycles. The summed E-state index contributed by atoms with van der Waals surface area (Å²) in [4.78, 5) is 39.1. The summed E-state index contributed by atoms with van der Waals surface area (Å²) >= 11 is 0. The van der Waals surface area contributed by atoms with Gasteiger partial charge in [-0.1, -0.05) is 12.1 Å². The standard InChI is InChI=1S/C23H24N4O5/c1-4-31-17-10-11-19(32-5-2)18(12-17)25-20(28)14-27-21(29)23(3,26-22(27)30)16-8-6-15(13-24)7-9-16/h6-12H,4-5,14H2,1-3H3,(H,25,28)(H,26,30). The van der Waals surface area contributed by atoms with Crippen LogP contribution in [0.2, 0.25) is 0 Å². The van der Waals surface area contributed by atoms with Crippen molar-refractivity contribution in [2.45, 2.75) is 26.3 Å². The Labute approximate surface area is 185 Å². The van der Waals surface area contributed by atoms with E-state index in [-0.39, 0.29) is 0 Å². The summed E-state index contributed by atoms with van der Waals surface area (Å²) in [6, 6.07) is 12.7. The van der Waals surface area contributed by atoms with Gasteiger partial charge in [-0.2, -0.15) is 5.26 Å². The second kappa shape index (κ2) is 9.39. The minimum Gasteiger partial charge on any atom is -0.494 e. The van der Waals surface area contributed by atoms with Gasteiger partial charge < -0.3 is 20.1 Å². The van der Waals surface area contributed by atoms with Crippen LogP contribution in [0.3, 0.4) is 0 Å². The SMILES string of the molecule is CCOc1ccc(OCC)c(NC(=O)CN2C(=O)NC(C)(c3ccc(C#N)cc3)C2=O)c1. The van der Waals surface area contributed by atoms with Crippen molar-refractivity contribution in [3.05, 3.63) is 53.6 Å². The van der Waals surface area contributed by atoms with Gasteiger partial charge in [0.05, 0.1) is 30.5 Å². The molecular weight excluding hydrogens is 412 g/mol. The fourth-order valence-corrected chi connectivity index (χ4v) is 3.39. The van der Waals surface area contributed by atoms with Crippen LogP contribution >= 0.6 is 0 Å². The van der Waals surface area contributed by atoms with Crippen LogP contribution < -0.4 is 20.1 Å². The maximum atomic E-state index is 13.0. The van der Waals surface area contributed by atoms with Gasteiger partial charge in [0, 0.05) is 6.07 Å². The first-order valence-electron chi connectivity index (χ1n) is 10.2. The average molecular weight is 436 g/mol. The number of carbonyl (C=O) groups is 3. The Hall–Kier alpha value is -4.06. The molecule has 0 bridgehead atoms. The molecule has 2 aromatic rings. The number of nitriles is 1. The number of hydrogen-bond acceptors (Lipinski definition) is 6. The van der Waals surface area contributed by atoms with E-state index in [1.807, 2.05) is 19.9 Å². The number of imide groups is 1. The highest BCUT2D eigenvalue weighted by atomic mass is 16.5. The molecule has 1 fully saturated rings. The summed E-state index contributed by atoms with van der Waals surface area (Å²) in [5, 5.41) is 14.3. The van der Waals surface area contributed by atoms with Gasteiger partial charge in [0.15, 0.2) is 0 Å². The van der Waals surface area contributed by atoms with E-state index >= 15 is 0 Å². The van der Waals surface area contributed by atoms with Crippen LogP contribution in [-0.4, -0.2) is 42.5 Å². The quantitative estimate of drug-likeness (QED) is 0.614. The van der Waals surface area contributed by atoms with Gasteiger partial charge in [0.1, 0.15) is 23.6 Å². The maximum Gasteiger partial charge on any atom is 0.325 e. The summed E-state index contributed by atoms with van der Waals surface area (Å²) in [5.41, 5.74) is -0.00765. The lowest BCUT2D eigenvalue weighted by molar-refractivity contribution is -0.133. The van der Waals surface area contributed by atoms with E-state index in [0.717, 1.165) is 4.90 Å². The van der Waals surface area contributed by atoms with Crippen LogP contribution in [-0.2, 0) is 15.1 Å². The van der Waals surface area contributed by atoms with E-state index in [2.05, 4.69) is 10.6 Å². The predicted octanol–water partition coefficient (Wildman–Crippen LogP) is 2.76. The molecule has 1 unspecified atom stereocenters. The van der Waals surface area contributed by atoms with E-state index in [1.165, 1.54) is 0 Å². The van der Waals surface area contributed by atoms with E-state index in [1.54, 1.807) is 49.4 Å². The molecule has 1 atom stereocenters. The molecular formula is C23H24N4O5. The summed E-state index contributed by atoms with van der Waals surface area (Å²) in [6.07, 6.45) is 0. The highest BCUT2D eigenvalue weighted by Crippen LogP contribution is 2.31. The Morgan fingerprint density at radius 3 is 2.44 bits per heavy atom. The molecule has 9 heteroatoms. The molecule has 0 radical (unpaired) electrons. The maximum absolute atomic E-state index is 13.0. The Bertz CT molecular complexity index is 1080. The highest BCUT2D eigenvalue weighted by molar-refractivity contribution is 6.10. The second-order valence-corrected chi connectivity index (χ2v) is 7.21. The zero-order chi connectivity index (χ0) is 23.3. The number of carbonyl (C=O) groups excluding carboxylic acids is 3. The molecule has 166 valence electrons. The number of ether oxygens (including phenoxy) is 2. The zero-order valence-corrected chi connectivity index (χ0v) is 18.1. The molecule has 2 aromatic carbocycles. The van der Waals surface area contributed by atoms with Gasteiger partial charge in [-0.05, 0) is 50.6 Å². The summed E-state index contributed by atoms with van der Waals surface area (Å²) in [7, 11) is 0. The van der Waals surface area contributed by atoms with Crippen molar-refractivity contribution >= 4 is 23.5 Å². The predicted molar refractivity (Wildman–Crippen MR) is 116 cm³/mol. The third kappa shape index (κ3) is 4.49. The van der Waals surface area contributed by atoms with E-state index in [9.17, 15) is 14.4 Å². The Kier molecular flexibility index (Phi) is 6.64. The molecule has 1 saturated heterocycles. The van der Waals surface area contributed by atoms with E-state index in [0.29, 0.717) is 41.5 Å². The number of benzene rings is 2. The van der Waals surface area contributed by atoms with Gasteiger partial charge in [0.25, 0.3) is 5.91 Å². The van der Waals surface area contributed by atoms with Gasteiger partial charge in [-0.3, -0.25) is 14.5 Å². The van der Waals surface area contributed by atoms with Crippen molar-refractivity contribution in [2.24, 2.45) is 0 Å². The minimum absolute atomic E-state index is 0.379. The molecule has 0 aliphatic carbocycles. The molecule has 32 heavy (non-hydrogen) atoms. The Morgan fingerprint density at radius 1 is 1.12 bits per heavy atom. The molecule has 9 nitrogen and oxygen atoms in total. The topological polar surface area (TPSA) is 121 Å². The third-order valence-electron chi connectivity index (χ3n) is 5.00. The number of hydrogen-bond donors (Lipinski definition) is 2. The van der Waals surface area contributed by atoms with Crippen LogP contribution in [0.5, 0.6) is 11.5 Å². The van der Waals surface area contributed by atoms with Crippen LogP contribution in [0.1, 0.15) is 31.9 Å². The Morgan fingerprint density at radius 2 is 1.81 bits per heavy atom. The number of anilines is 1. The monoisotopic (exact) mass is 436 g/mol. The lowest BCUT2D eigenvalue weighted by atomic mass is 9.91. The lowest BCUT2D eigenvalue weighted by Crippen LogP contribution is -2.42. The molecule has 4 amide bonds. The van der Waals surface area contributed by atoms with Crippen molar-refractivity contribution in [3.8, 4) is 17.6 Å². The van der Waals surface area contributed by atoms with Crippen molar-refractivity contribution in [2.75, 3.05) is 25.1 Å². The third-order valence-corrected chi connectivity index (χ3v) is 5.00. The number of rotatable bonds is 8. The van der Waals surface area contributed by atoms with Crippen LogP contribution in [0.25, 0.3) is 0 Å². The molecule has 0 saturated carbocycles. The minimum atomic E-state index is -1.34. The fraction of sp³-hybridized carbons (Fsp3) is 0.304. The molecule has 0 aromatic heterocycles. The largest absolute Gasteiger partial charge is 0.494 e. The average Bonchev–Trinajstić information content (AvgIpc) is 2.99. The smallest absolute Gasteiger partial charge is 0.325 e. The normalized spacial score (nSPS) is 17.5. The van der Waals surface area contributed by atoms with Gasteiger partial charge in [0.2, 0.25) is 5.91 Å². The number of nitrogens with zero attached hydrogens (tertiary/aromatic N) is 2. The highest BCUT2D eigenvalue weighted by Gasteiger charge is 2.49. The Balaban J connectivity index is 1.76. The molecule has 2 N–H and O–H groups in total.